The Morgan fingerprint density at radius 1 is 1.40 bits per heavy atom. The van der Waals surface area contributed by atoms with Gasteiger partial charge in [-0.15, -0.1) is 0 Å². The lowest BCUT2D eigenvalue weighted by Crippen LogP contribution is -2.56. The van der Waals surface area contributed by atoms with Gasteiger partial charge >= 0.3 is 6.09 Å². The van der Waals surface area contributed by atoms with Gasteiger partial charge in [0.15, 0.2) is 0 Å². The van der Waals surface area contributed by atoms with Gasteiger partial charge in [-0.3, -0.25) is 4.90 Å². The van der Waals surface area contributed by atoms with E-state index in [1.165, 1.54) is 0 Å². The van der Waals surface area contributed by atoms with Crippen molar-refractivity contribution in [3.8, 4) is 0 Å². The number of amides is 1. The zero-order valence-corrected chi connectivity index (χ0v) is 13.6. The van der Waals surface area contributed by atoms with E-state index in [0.29, 0.717) is 0 Å². The van der Waals surface area contributed by atoms with Crippen molar-refractivity contribution in [2.45, 2.75) is 90.3 Å². The van der Waals surface area contributed by atoms with Gasteiger partial charge in [-0.25, -0.2) is 4.79 Å². The topological polar surface area (TPSA) is 46.6 Å². The summed E-state index contributed by atoms with van der Waals surface area (Å²) in [5.41, 5.74) is -1.28. The molecule has 0 aliphatic carbocycles. The summed E-state index contributed by atoms with van der Waals surface area (Å²) in [6, 6.07) is 0.104. The molecule has 1 heterocycles. The molecule has 4 nitrogen and oxygen atoms in total. The van der Waals surface area contributed by atoms with E-state index < -0.39 is 11.1 Å². The van der Waals surface area contributed by atoms with Gasteiger partial charge in [0.05, 0.1) is 5.54 Å². The summed E-state index contributed by atoms with van der Waals surface area (Å²) in [5, 5.41) is 0. The number of nitrogens with zero attached hydrogens (tertiary/aromatic N) is 1. The van der Waals surface area contributed by atoms with E-state index in [9.17, 15) is 9.59 Å². The van der Waals surface area contributed by atoms with Crippen LogP contribution >= 0.6 is 0 Å². The van der Waals surface area contributed by atoms with Gasteiger partial charge in [0.25, 0.3) is 0 Å². The van der Waals surface area contributed by atoms with Crippen LogP contribution in [0.5, 0.6) is 0 Å². The van der Waals surface area contributed by atoms with E-state index in [1.807, 2.05) is 27.7 Å². The van der Waals surface area contributed by atoms with Gasteiger partial charge in [0.2, 0.25) is 0 Å². The SMILES string of the molecule is CCC[C@@H]1CCCC[C@](C)(C=O)N1C(=O)OC(C)(C)C. The van der Waals surface area contributed by atoms with Crippen molar-refractivity contribution in [3.05, 3.63) is 0 Å². The third-order valence-electron chi connectivity index (χ3n) is 3.85. The maximum atomic E-state index is 12.6. The molecule has 1 rings (SSSR count). The van der Waals surface area contributed by atoms with Crippen LogP contribution in [0.25, 0.3) is 0 Å². The molecule has 2 atom stereocenters. The zero-order chi connectivity index (χ0) is 15.4. The Balaban J connectivity index is 3.05. The Bertz CT molecular complexity index is 348. The Morgan fingerprint density at radius 3 is 2.55 bits per heavy atom. The fourth-order valence-electron chi connectivity index (χ4n) is 2.92. The fraction of sp³-hybridized carbons (Fsp3) is 0.875. The Kier molecular flexibility index (Phi) is 5.60. The summed E-state index contributed by atoms with van der Waals surface area (Å²) >= 11 is 0. The minimum absolute atomic E-state index is 0.104. The van der Waals surface area contributed by atoms with E-state index in [-0.39, 0.29) is 12.1 Å². The molecule has 1 aliphatic rings. The van der Waals surface area contributed by atoms with Crippen LogP contribution in [-0.2, 0) is 9.53 Å². The predicted octanol–water partition coefficient (Wildman–Crippen LogP) is 3.92. The molecule has 116 valence electrons. The molecule has 0 aromatic carbocycles. The van der Waals surface area contributed by atoms with Crippen molar-refractivity contribution in [1.29, 1.82) is 0 Å². The average molecular weight is 283 g/mol. The normalized spacial score (nSPS) is 27.9. The van der Waals surface area contributed by atoms with E-state index >= 15 is 0 Å². The highest BCUT2D eigenvalue weighted by molar-refractivity contribution is 5.77. The molecule has 0 aromatic heterocycles. The molecule has 1 fully saturated rings. The molecule has 1 amide bonds. The first-order chi connectivity index (χ1) is 9.23. The van der Waals surface area contributed by atoms with Gasteiger partial charge in [-0.1, -0.05) is 26.2 Å². The molecular formula is C16H29NO3. The van der Waals surface area contributed by atoms with E-state index in [2.05, 4.69) is 6.92 Å². The lowest BCUT2D eigenvalue weighted by Gasteiger charge is -2.41. The van der Waals surface area contributed by atoms with Crippen molar-refractivity contribution < 1.29 is 14.3 Å². The summed E-state index contributed by atoms with van der Waals surface area (Å²) in [6.45, 7) is 9.54. The largest absolute Gasteiger partial charge is 0.444 e. The van der Waals surface area contributed by atoms with Gasteiger partial charge in [-0.05, 0) is 47.0 Å². The minimum Gasteiger partial charge on any atom is -0.444 e. The molecule has 0 bridgehead atoms. The molecule has 20 heavy (non-hydrogen) atoms. The van der Waals surface area contributed by atoms with Crippen LogP contribution in [0.3, 0.4) is 0 Å². The van der Waals surface area contributed by atoms with Crippen molar-refractivity contribution in [2.75, 3.05) is 0 Å². The molecular weight excluding hydrogens is 254 g/mol. The van der Waals surface area contributed by atoms with Gasteiger partial charge in [-0.2, -0.15) is 0 Å². The summed E-state index contributed by atoms with van der Waals surface area (Å²) < 4.78 is 5.53. The van der Waals surface area contributed by atoms with Gasteiger partial charge in [0.1, 0.15) is 11.9 Å². The van der Waals surface area contributed by atoms with Crippen molar-refractivity contribution >= 4 is 12.4 Å². The Morgan fingerprint density at radius 2 is 2.05 bits per heavy atom. The van der Waals surface area contributed by atoms with Crippen molar-refractivity contribution in [3.63, 3.8) is 0 Å². The zero-order valence-electron chi connectivity index (χ0n) is 13.6. The molecule has 0 aromatic rings. The minimum atomic E-state index is -0.737. The van der Waals surface area contributed by atoms with Crippen molar-refractivity contribution in [2.24, 2.45) is 0 Å². The molecule has 0 unspecified atom stereocenters. The quantitative estimate of drug-likeness (QED) is 0.737. The molecule has 1 saturated heterocycles. The summed E-state index contributed by atoms with van der Waals surface area (Å²) in [4.78, 5) is 25.9. The first kappa shape index (κ1) is 17.0. The number of aldehydes is 1. The maximum absolute atomic E-state index is 12.6. The number of ether oxygens (including phenoxy) is 1. The second-order valence-electron chi connectivity index (χ2n) is 7.01. The number of hydrogen-bond acceptors (Lipinski definition) is 3. The molecule has 1 aliphatic heterocycles. The Hall–Kier alpha value is -1.06. The van der Waals surface area contributed by atoms with Crippen LogP contribution in [0.2, 0.25) is 0 Å². The standard InChI is InChI=1S/C16H29NO3/c1-6-9-13-10-7-8-11-16(5,12-18)17(13)14(19)20-15(2,3)4/h12-13H,6-11H2,1-5H3/t13-,16-/m1/s1. The van der Waals surface area contributed by atoms with Crippen molar-refractivity contribution in [1.82, 2.24) is 4.90 Å². The number of rotatable bonds is 3. The van der Waals surface area contributed by atoms with Gasteiger partial charge in [0, 0.05) is 6.04 Å². The monoisotopic (exact) mass is 283 g/mol. The number of carbonyl (C=O) groups is 2. The molecule has 4 heteroatoms. The third-order valence-corrected chi connectivity index (χ3v) is 3.85. The van der Waals surface area contributed by atoms with Crippen LogP contribution < -0.4 is 0 Å². The van der Waals surface area contributed by atoms with Crippen LogP contribution in [0.1, 0.15) is 73.1 Å². The van der Waals surface area contributed by atoms with Crippen LogP contribution in [0, 0.1) is 0 Å². The van der Waals surface area contributed by atoms with Crippen LogP contribution in [0.15, 0.2) is 0 Å². The lowest BCUT2D eigenvalue weighted by molar-refractivity contribution is -0.119. The second kappa shape index (κ2) is 6.59. The smallest absolute Gasteiger partial charge is 0.411 e. The highest BCUT2D eigenvalue weighted by Gasteiger charge is 2.42. The number of carbonyl (C=O) groups excluding carboxylic acids is 2. The lowest BCUT2D eigenvalue weighted by atomic mass is 9.95. The maximum Gasteiger partial charge on any atom is 0.411 e. The van der Waals surface area contributed by atoms with E-state index in [1.54, 1.807) is 4.90 Å². The van der Waals surface area contributed by atoms with Crippen LogP contribution in [0.4, 0.5) is 4.79 Å². The number of hydrogen-bond donors (Lipinski definition) is 0. The van der Waals surface area contributed by atoms with E-state index in [0.717, 1.165) is 44.8 Å². The van der Waals surface area contributed by atoms with Gasteiger partial charge < -0.3 is 9.53 Å². The molecule has 0 radical (unpaired) electrons. The second-order valence-corrected chi connectivity index (χ2v) is 7.01. The third kappa shape index (κ3) is 4.22. The highest BCUT2D eigenvalue weighted by atomic mass is 16.6. The molecule has 0 spiro atoms. The first-order valence-electron chi connectivity index (χ1n) is 7.72. The van der Waals surface area contributed by atoms with Crippen LogP contribution in [-0.4, -0.2) is 34.5 Å². The summed E-state index contributed by atoms with van der Waals surface area (Å²) in [6.07, 6.45) is 6.20. The molecule has 0 saturated carbocycles. The predicted molar refractivity (Wildman–Crippen MR) is 79.7 cm³/mol. The fourth-order valence-corrected chi connectivity index (χ4v) is 2.92. The summed E-state index contributed by atoms with van der Waals surface area (Å²) in [5.74, 6) is 0. The van der Waals surface area contributed by atoms with E-state index in [4.69, 9.17) is 4.74 Å². The number of likely N-dealkylation sites (tertiary alicyclic amines) is 1. The molecule has 0 N–H and O–H groups in total. The Labute approximate surface area is 122 Å². The highest BCUT2D eigenvalue weighted by Crippen LogP contribution is 2.32. The first-order valence-corrected chi connectivity index (χ1v) is 7.72. The summed E-state index contributed by atoms with van der Waals surface area (Å²) in [7, 11) is 0. The average Bonchev–Trinajstić information content (AvgIpc) is 2.47.